The highest BCUT2D eigenvalue weighted by molar-refractivity contribution is 9.11. The number of rotatable bonds is 9. The van der Waals surface area contributed by atoms with Gasteiger partial charge in [0, 0.05) is 0 Å². The largest absolute Gasteiger partial charge is 0.493 e. The molecule has 1 aromatic heterocycles. The minimum atomic E-state index is -0.797. The molecule has 3 aromatic rings. The summed E-state index contributed by atoms with van der Waals surface area (Å²) in [4.78, 5) is 32.2. The fourth-order valence-electron chi connectivity index (χ4n) is 4.37. The molecule has 1 aliphatic heterocycles. The summed E-state index contributed by atoms with van der Waals surface area (Å²) >= 11 is 8.17. The van der Waals surface area contributed by atoms with Crippen molar-refractivity contribution in [1.29, 1.82) is 5.26 Å². The monoisotopic (exact) mass is 703 g/mol. The average Bonchev–Trinajstić information content (AvgIpc) is 3.21. The van der Waals surface area contributed by atoms with Crippen LogP contribution in [0.1, 0.15) is 44.9 Å². The lowest BCUT2D eigenvalue weighted by Gasteiger charge is -2.25. The van der Waals surface area contributed by atoms with E-state index in [-0.39, 0.29) is 30.5 Å². The number of fused-ring (bicyclic) bond motifs is 1. The van der Waals surface area contributed by atoms with Gasteiger partial charge in [-0.05, 0) is 101 Å². The molecular formula is C29H27Br2N3O6S. The van der Waals surface area contributed by atoms with E-state index in [4.69, 9.17) is 24.2 Å². The molecule has 41 heavy (non-hydrogen) atoms. The summed E-state index contributed by atoms with van der Waals surface area (Å²) in [6.45, 7) is 7.37. The van der Waals surface area contributed by atoms with E-state index in [1.54, 1.807) is 44.2 Å². The van der Waals surface area contributed by atoms with Gasteiger partial charge in [0.1, 0.15) is 11.8 Å². The fourth-order valence-corrected chi connectivity index (χ4v) is 6.87. The average molecular weight is 705 g/mol. The van der Waals surface area contributed by atoms with Gasteiger partial charge in [-0.1, -0.05) is 17.4 Å². The lowest BCUT2D eigenvalue weighted by molar-refractivity contribution is -0.139. The van der Waals surface area contributed by atoms with E-state index in [0.29, 0.717) is 52.4 Å². The number of benzene rings is 2. The highest BCUT2D eigenvalue weighted by atomic mass is 79.9. The molecule has 1 atom stereocenters. The van der Waals surface area contributed by atoms with Crippen molar-refractivity contribution in [3.05, 3.63) is 81.4 Å². The highest BCUT2D eigenvalue weighted by Gasteiger charge is 2.34. The molecule has 0 amide bonds. The first-order valence-electron chi connectivity index (χ1n) is 12.6. The summed E-state index contributed by atoms with van der Waals surface area (Å²) in [5, 5.41) is 8.85. The number of thiazole rings is 1. The quantitative estimate of drug-likeness (QED) is 0.288. The topological polar surface area (TPSA) is 112 Å². The molecule has 214 valence electrons. The van der Waals surface area contributed by atoms with Crippen LogP contribution in [0.3, 0.4) is 0 Å². The number of allylic oxidation sites excluding steroid dienone is 1. The molecule has 0 fully saturated rings. The SMILES string of the molecule is CCOC(=O)C1=C(C)N=c2s/c(=C\c3cc(Br)c(OCC#N)c(Br)c3)c(=O)n2[C@@H]1c1ccc(OC(C)C)c(OC)c1. The second-order valence-electron chi connectivity index (χ2n) is 9.14. The van der Waals surface area contributed by atoms with Crippen molar-refractivity contribution >= 4 is 55.2 Å². The van der Waals surface area contributed by atoms with E-state index in [9.17, 15) is 9.59 Å². The molecule has 4 rings (SSSR count). The number of ether oxygens (including phenoxy) is 4. The zero-order chi connectivity index (χ0) is 29.8. The molecule has 9 nitrogen and oxygen atoms in total. The number of halogens is 2. The molecule has 0 radical (unpaired) electrons. The van der Waals surface area contributed by atoms with E-state index in [1.807, 2.05) is 26.0 Å². The number of aromatic nitrogens is 1. The van der Waals surface area contributed by atoms with Crippen molar-refractivity contribution in [2.45, 2.75) is 39.8 Å². The van der Waals surface area contributed by atoms with Crippen molar-refractivity contribution in [3.8, 4) is 23.3 Å². The van der Waals surface area contributed by atoms with Gasteiger partial charge < -0.3 is 18.9 Å². The van der Waals surface area contributed by atoms with E-state index in [1.165, 1.54) is 23.0 Å². The van der Waals surface area contributed by atoms with Crippen LogP contribution in [0.5, 0.6) is 17.2 Å². The number of methoxy groups -OCH3 is 1. The van der Waals surface area contributed by atoms with Crippen molar-refractivity contribution in [2.75, 3.05) is 20.3 Å². The molecule has 0 aliphatic carbocycles. The minimum absolute atomic E-state index is 0.0725. The summed E-state index contributed by atoms with van der Waals surface area (Å²) in [7, 11) is 1.54. The zero-order valence-electron chi connectivity index (χ0n) is 23.0. The minimum Gasteiger partial charge on any atom is -0.493 e. The van der Waals surface area contributed by atoms with Crippen LogP contribution in [0.25, 0.3) is 6.08 Å². The highest BCUT2D eigenvalue weighted by Crippen LogP contribution is 2.37. The van der Waals surface area contributed by atoms with Crippen molar-refractivity contribution in [1.82, 2.24) is 4.57 Å². The van der Waals surface area contributed by atoms with Gasteiger partial charge in [-0.2, -0.15) is 5.26 Å². The first kappa shape index (κ1) is 30.6. The Morgan fingerprint density at radius 3 is 2.54 bits per heavy atom. The molecule has 0 bridgehead atoms. The smallest absolute Gasteiger partial charge is 0.338 e. The van der Waals surface area contributed by atoms with Gasteiger partial charge in [-0.3, -0.25) is 9.36 Å². The second kappa shape index (κ2) is 13.1. The van der Waals surface area contributed by atoms with Gasteiger partial charge in [0.2, 0.25) is 0 Å². The van der Waals surface area contributed by atoms with Gasteiger partial charge >= 0.3 is 5.97 Å². The van der Waals surface area contributed by atoms with Crippen LogP contribution in [0, 0.1) is 11.3 Å². The number of carbonyl (C=O) groups is 1. The normalized spacial score (nSPS) is 14.8. The van der Waals surface area contributed by atoms with Gasteiger partial charge in [-0.25, -0.2) is 9.79 Å². The maximum absolute atomic E-state index is 13.9. The Hall–Kier alpha value is -3.40. The summed E-state index contributed by atoms with van der Waals surface area (Å²) in [6, 6.07) is 10.1. The molecule has 2 heterocycles. The summed E-state index contributed by atoms with van der Waals surface area (Å²) in [5.41, 5.74) is 1.79. The predicted molar refractivity (Wildman–Crippen MR) is 162 cm³/mol. The molecule has 0 unspecified atom stereocenters. The third kappa shape index (κ3) is 6.42. The van der Waals surface area contributed by atoms with E-state index >= 15 is 0 Å². The van der Waals surface area contributed by atoms with Crippen LogP contribution >= 0.6 is 43.2 Å². The molecular weight excluding hydrogens is 678 g/mol. The van der Waals surface area contributed by atoms with Crippen molar-refractivity contribution < 1.29 is 23.7 Å². The van der Waals surface area contributed by atoms with Crippen molar-refractivity contribution in [3.63, 3.8) is 0 Å². The first-order chi connectivity index (χ1) is 19.6. The Bertz CT molecular complexity index is 1730. The predicted octanol–water partition coefficient (Wildman–Crippen LogP) is 5.02. The molecule has 0 spiro atoms. The number of hydrogen-bond donors (Lipinski definition) is 0. The van der Waals surface area contributed by atoms with E-state index in [2.05, 4.69) is 36.9 Å². The van der Waals surface area contributed by atoms with Crippen LogP contribution < -0.4 is 29.1 Å². The summed E-state index contributed by atoms with van der Waals surface area (Å²) in [6.07, 6.45) is 1.67. The second-order valence-corrected chi connectivity index (χ2v) is 11.9. The third-order valence-corrected chi connectivity index (χ3v) is 8.14. The van der Waals surface area contributed by atoms with Gasteiger partial charge in [0.25, 0.3) is 5.56 Å². The third-order valence-electron chi connectivity index (χ3n) is 5.98. The molecule has 12 heteroatoms. The Labute approximate surface area is 257 Å². The number of hydrogen-bond acceptors (Lipinski definition) is 9. The van der Waals surface area contributed by atoms with Gasteiger partial charge in [-0.15, -0.1) is 0 Å². The number of nitriles is 1. The van der Waals surface area contributed by atoms with E-state index < -0.39 is 12.0 Å². The first-order valence-corrected chi connectivity index (χ1v) is 15.0. The number of nitrogens with zero attached hydrogens (tertiary/aromatic N) is 3. The Morgan fingerprint density at radius 2 is 1.93 bits per heavy atom. The lowest BCUT2D eigenvalue weighted by atomic mass is 9.95. The van der Waals surface area contributed by atoms with E-state index in [0.717, 1.165) is 0 Å². The summed E-state index contributed by atoms with van der Waals surface area (Å²) in [5.74, 6) is 0.967. The molecule has 0 saturated heterocycles. The molecule has 0 saturated carbocycles. The maximum atomic E-state index is 13.9. The number of carbonyl (C=O) groups excluding carboxylic acids is 1. The lowest BCUT2D eigenvalue weighted by Crippen LogP contribution is -2.40. The fraction of sp³-hybridized carbons (Fsp3) is 0.310. The summed E-state index contributed by atoms with van der Waals surface area (Å²) < 4.78 is 25.5. The van der Waals surface area contributed by atoms with Crippen LogP contribution in [0.4, 0.5) is 0 Å². The Balaban J connectivity index is 1.91. The van der Waals surface area contributed by atoms with Crippen LogP contribution in [-0.4, -0.2) is 37.0 Å². The molecule has 0 N–H and O–H groups in total. The van der Waals surface area contributed by atoms with Gasteiger partial charge in [0.15, 0.2) is 22.9 Å². The standard InChI is InChI=1S/C29H27Br2N3O6S/c1-6-38-28(36)24-16(4)33-29-34(25(24)18-7-8-21(40-15(2)3)22(14-18)37-5)27(35)23(41-29)13-17-11-19(30)26(20(31)12-17)39-10-9-32/h7-8,11-15,25H,6,10H2,1-5H3/b23-13-/t25-/m1/s1. The maximum Gasteiger partial charge on any atom is 0.338 e. The van der Waals surface area contributed by atoms with Crippen LogP contribution in [-0.2, 0) is 9.53 Å². The molecule has 1 aliphatic rings. The Morgan fingerprint density at radius 1 is 1.22 bits per heavy atom. The Kier molecular flexibility index (Phi) is 9.73. The van der Waals surface area contributed by atoms with Crippen molar-refractivity contribution in [2.24, 2.45) is 4.99 Å². The van der Waals surface area contributed by atoms with Crippen LogP contribution in [0.2, 0.25) is 0 Å². The number of esters is 1. The molecule has 2 aromatic carbocycles. The van der Waals surface area contributed by atoms with Gasteiger partial charge in [0.05, 0.1) is 50.6 Å². The van der Waals surface area contributed by atoms with Crippen LogP contribution in [0.15, 0.2) is 60.3 Å². The zero-order valence-corrected chi connectivity index (χ0v) is 27.0.